The molecule has 5 aromatic rings. The van der Waals surface area contributed by atoms with Crippen LogP contribution in [0.3, 0.4) is 0 Å². The second-order valence-electron chi connectivity index (χ2n) is 9.62. The van der Waals surface area contributed by atoms with Gasteiger partial charge in [0, 0.05) is 11.8 Å². The van der Waals surface area contributed by atoms with E-state index in [-0.39, 0.29) is 5.92 Å². The summed E-state index contributed by atoms with van der Waals surface area (Å²) in [4.78, 5) is 4.37. The Balaban J connectivity index is 1.41. The fourth-order valence-corrected chi connectivity index (χ4v) is 5.66. The summed E-state index contributed by atoms with van der Waals surface area (Å²) in [5, 5.41) is 0. The van der Waals surface area contributed by atoms with Gasteiger partial charge in [0.05, 0.1) is 12.6 Å². The van der Waals surface area contributed by atoms with Crippen LogP contribution in [0.15, 0.2) is 108 Å². The highest BCUT2D eigenvalue weighted by Crippen LogP contribution is 2.41. The molecule has 2 heterocycles. The van der Waals surface area contributed by atoms with E-state index in [2.05, 4.69) is 131 Å². The van der Waals surface area contributed by atoms with E-state index in [0.717, 1.165) is 23.0 Å². The molecular weight excluding hydrogens is 442 g/mol. The van der Waals surface area contributed by atoms with Crippen LogP contribution in [-0.2, 0) is 7.05 Å². The summed E-state index contributed by atoms with van der Waals surface area (Å²) in [7, 11) is 2.16. The molecule has 4 nitrogen and oxygen atoms in total. The molecule has 0 amide bonds. The van der Waals surface area contributed by atoms with Gasteiger partial charge in [0.2, 0.25) is 0 Å². The average molecular weight is 469 g/mol. The number of rotatable bonds is 3. The second-order valence-corrected chi connectivity index (χ2v) is 9.62. The Morgan fingerprint density at radius 3 is 2.61 bits per heavy atom. The van der Waals surface area contributed by atoms with Crippen LogP contribution < -0.4 is 4.57 Å². The van der Waals surface area contributed by atoms with E-state index in [1.807, 2.05) is 0 Å². The summed E-state index contributed by atoms with van der Waals surface area (Å²) in [5.74, 6) is 2.59. The first-order valence-corrected chi connectivity index (χ1v) is 12.4. The highest BCUT2D eigenvalue weighted by molar-refractivity contribution is 5.83. The van der Waals surface area contributed by atoms with E-state index in [1.165, 1.54) is 33.3 Å². The maximum Gasteiger partial charge on any atom is 0.295 e. The van der Waals surface area contributed by atoms with Crippen molar-refractivity contribution in [1.82, 2.24) is 9.55 Å². The monoisotopic (exact) mass is 468 g/mol. The molecule has 2 aliphatic rings. The number of allylic oxidation sites excluding steroid dienone is 5. The molecule has 0 fully saturated rings. The fourth-order valence-electron chi connectivity index (χ4n) is 5.66. The zero-order valence-corrected chi connectivity index (χ0v) is 20.3. The molecule has 36 heavy (non-hydrogen) atoms. The summed E-state index contributed by atoms with van der Waals surface area (Å²) in [6, 6.07) is 26.0. The second kappa shape index (κ2) is 8.06. The summed E-state index contributed by atoms with van der Waals surface area (Å²) in [6.07, 6.45) is 12.7. The first-order chi connectivity index (χ1) is 17.7. The van der Waals surface area contributed by atoms with E-state index >= 15 is 0 Å². The molecule has 0 saturated heterocycles. The molecule has 0 spiro atoms. The minimum atomic E-state index is 0.170. The van der Waals surface area contributed by atoms with E-state index in [1.54, 1.807) is 6.39 Å². The van der Waals surface area contributed by atoms with Gasteiger partial charge in [-0.3, -0.25) is 0 Å². The Labute approximate surface area is 210 Å². The number of hydrogen-bond acceptors (Lipinski definition) is 2. The van der Waals surface area contributed by atoms with Crippen molar-refractivity contribution < 1.29 is 8.98 Å². The van der Waals surface area contributed by atoms with Gasteiger partial charge < -0.3 is 4.42 Å². The van der Waals surface area contributed by atoms with Gasteiger partial charge in [0.25, 0.3) is 5.82 Å². The first kappa shape index (κ1) is 20.9. The van der Waals surface area contributed by atoms with E-state index in [0.29, 0.717) is 5.92 Å². The molecule has 0 radical (unpaired) electrons. The quantitative estimate of drug-likeness (QED) is 0.273. The van der Waals surface area contributed by atoms with Crippen molar-refractivity contribution in [3.05, 3.63) is 126 Å². The topological polar surface area (TPSA) is 34.8 Å². The maximum atomic E-state index is 5.79. The highest BCUT2D eigenvalue weighted by atomic mass is 16.3. The molecule has 0 N–H and O–H groups in total. The van der Waals surface area contributed by atoms with Gasteiger partial charge in [-0.05, 0) is 60.0 Å². The van der Waals surface area contributed by atoms with Gasteiger partial charge in [-0.25, -0.2) is 9.55 Å². The Bertz CT molecular complexity index is 1720. The van der Waals surface area contributed by atoms with Gasteiger partial charge in [0.15, 0.2) is 17.4 Å². The third kappa shape index (κ3) is 3.14. The van der Waals surface area contributed by atoms with E-state index in [4.69, 9.17) is 4.42 Å². The van der Waals surface area contributed by atoms with Gasteiger partial charge in [-0.1, -0.05) is 66.8 Å². The molecule has 0 bridgehead atoms. The molecule has 0 saturated carbocycles. The lowest BCUT2D eigenvalue weighted by Gasteiger charge is -2.25. The van der Waals surface area contributed by atoms with Crippen LogP contribution >= 0.6 is 0 Å². The van der Waals surface area contributed by atoms with Gasteiger partial charge >= 0.3 is 0 Å². The van der Waals surface area contributed by atoms with Crippen molar-refractivity contribution in [2.45, 2.75) is 12.8 Å². The molecule has 2 atom stereocenters. The fraction of sp³-hybridized carbons (Fsp3) is 0.125. The van der Waals surface area contributed by atoms with Crippen LogP contribution in [0.25, 0.3) is 39.8 Å². The molecule has 0 aliphatic heterocycles. The van der Waals surface area contributed by atoms with Crippen LogP contribution in [0.5, 0.6) is 0 Å². The number of oxazole rings is 1. The Hall–Kier alpha value is -4.44. The largest absolute Gasteiger partial charge is 0.447 e. The van der Waals surface area contributed by atoms with Crippen LogP contribution in [0.4, 0.5) is 0 Å². The van der Waals surface area contributed by atoms with Crippen molar-refractivity contribution in [3.8, 4) is 17.1 Å². The number of nitrogens with zero attached hydrogens (tertiary/aromatic N) is 3. The van der Waals surface area contributed by atoms with Crippen molar-refractivity contribution >= 4 is 22.7 Å². The van der Waals surface area contributed by atoms with Gasteiger partial charge in [0.1, 0.15) is 17.1 Å². The van der Waals surface area contributed by atoms with Crippen LogP contribution in [0, 0.1) is 12.8 Å². The Morgan fingerprint density at radius 1 is 0.917 bits per heavy atom. The molecule has 3 aromatic carbocycles. The zero-order valence-electron chi connectivity index (χ0n) is 20.3. The summed E-state index contributed by atoms with van der Waals surface area (Å²) in [5.41, 5.74) is 9.35. The van der Waals surface area contributed by atoms with Gasteiger partial charge in [-0.2, -0.15) is 4.57 Å². The lowest BCUT2D eigenvalue weighted by atomic mass is 9.79. The third-order valence-corrected chi connectivity index (χ3v) is 7.51. The van der Waals surface area contributed by atoms with Crippen LogP contribution in [0.2, 0.25) is 0 Å². The van der Waals surface area contributed by atoms with Gasteiger partial charge in [-0.15, -0.1) is 0 Å². The molecule has 2 aliphatic carbocycles. The third-order valence-electron chi connectivity index (χ3n) is 7.51. The molecule has 7 rings (SSSR count). The predicted octanol–water partition coefficient (Wildman–Crippen LogP) is 6.80. The zero-order chi connectivity index (χ0) is 24.2. The minimum Gasteiger partial charge on any atom is -0.447 e. The molecule has 4 heteroatoms. The maximum absolute atomic E-state index is 5.79. The van der Waals surface area contributed by atoms with Crippen molar-refractivity contribution in [2.24, 2.45) is 13.0 Å². The number of aryl methyl sites for hydroxylation is 2. The Kier molecular flexibility index (Phi) is 4.68. The number of fused-ring (bicyclic) bond motifs is 4. The standard InChI is InChI=1S/C32H26N3O/c1-21-12-13-23(24-15-14-22-16-17-28-31(27(22)19-24)36-20-33-28)18-26(21)32-34(2)29-10-6-7-11-30(29)35(32)25-8-4-3-5-9-25/h3-20,22,27H,1-2H3/q+1. The SMILES string of the molecule is Cc1ccc(C2=CC3c4ocnc4C=CC3C=C2)cc1-c1n(-c2ccccc2)c2ccccc2[n+]1C. The number of aromatic nitrogens is 3. The lowest BCUT2D eigenvalue weighted by Crippen LogP contribution is -2.30. The summed E-state index contributed by atoms with van der Waals surface area (Å²) >= 11 is 0. The molecule has 174 valence electrons. The van der Waals surface area contributed by atoms with Crippen molar-refractivity contribution in [1.29, 1.82) is 0 Å². The van der Waals surface area contributed by atoms with Crippen LogP contribution in [0.1, 0.15) is 28.5 Å². The van der Waals surface area contributed by atoms with Crippen molar-refractivity contribution in [2.75, 3.05) is 0 Å². The minimum absolute atomic E-state index is 0.170. The van der Waals surface area contributed by atoms with E-state index < -0.39 is 0 Å². The van der Waals surface area contributed by atoms with E-state index in [9.17, 15) is 0 Å². The molecule has 2 unspecified atom stereocenters. The highest BCUT2D eigenvalue weighted by Gasteiger charge is 2.30. The predicted molar refractivity (Wildman–Crippen MR) is 144 cm³/mol. The number of imidazole rings is 1. The number of benzene rings is 3. The van der Waals surface area contributed by atoms with Crippen LogP contribution in [-0.4, -0.2) is 9.55 Å². The molecule has 2 aromatic heterocycles. The Morgan fingerprint density at radius 2 is 1.72 bits per heavy atom. The smallest absolute Gasteiger partial charge is 0.295 e. The van der Waals surface area contributed by atoms with Crippen molar-refractivity contribution in [3.63, 3.8) is 0 Å². The normalized spacial score (nSPS) is 18.2. The number of para-hydroxylation sites is 3. The first-order valence-electron chi connectivity index (χ1n) is 12.4. The average Bonchev–Trinajstić information content (AvgIpc) is 3.52. The lowest BCUT2D eigenvalue weighted by molar-refractivity contribution is -0.633. The molecular formula is C32H26N3O+. The summed E-state index contributed by atoms with van der Waals surface area (Å²) in [6.45, 7) is 2.19. The number of hydrogen-bond donors (Lipinski definition) is 0. The summed E-state index contributed by atoms with van der Waals surface area (Å²) < 4.78 is 10.5.